The molecule has 0 heterocycles. The van der Waals surface area contributed by atoms with Crippen LogP contribution >= 0.6 is 0 Å². The molecule has 20 heavy (non-hydrogen) atoms. The lowest BCUT2D eigenvalue weighted by atomic mass is 9.76. The SMILES string of the molecule is CCCNC(CCC(C)C)c1ccccc1C1CCC1. The van der Waals surface area contributed by atoms with Gasteiger partial charge in [-0.15, -0.1) is 0 Å². The lowest BCUT2D eigenvalue weighted by Gasteiger charge is -2.31. The second kappa shape index (κ2) is 7.83. The smallest absolute Gasteiger partial charge is 0.0323 e. The molecule has 2 rings (SSSR count). The number of nitrogens with one attached hydrogen (secondary N) is 1. The van der Waals surface area contributed by atoms with Gasteiger partial charge in [0.15, 0.2) is 0 Å². The molecule has 1 heteroatoms. The van der Waals surface area contributed by atoms with E-state index < -0.39 is 0 Å². The van der Waals surface area contributed by atoms with Crippen LogP contribution in [0.3, 0.4) is 0 Å². The third kappa shape index (κ3) is 4.09. The molecule has 0 radical (unpaired) electrons. The van der Waals surface area contributed by atoms with Gasteiger partial charge in [0.05, 0.1) is 0 Å². The summed E-state index contributed by atoms with van der Waals surface area (Å²) < 4.78 is 0. The summed E-state index contributed by atoms with van der Waals surface area (Å²) in [6, 6.07) is 9.72. The maximum Gasteiger partial charge on any atom is 0.0323 e. The molecule has 0 saturated heterocycles. The summed E-state index contributed by atoms with van der Waals surface area (Å²) in [4.78, 5) is 0. The van der Waals surface area contributed by atoms with Crippen LogP contribution in [0.15, 0.2) is 24.3 Å². The van der Waals surface area contributed by atoms with Crippen LogP contribution in [0.5, 0.6) is 0 Å². The first-order valence-corrected chi connectivity index (χ1v) is 8.54. The van der Waals surface area contributed by atoms with Crippen molar-refractivity contribution in [1.29, 1.82) is 0 Å². The van der Waals surface area contributed by atoms with Gasteiger partial charge in [0.2, 0.25) is 0 Å². The number of hydrogen-bond donors (Lipinski definition) is 1. The molecule has 1 N–H and O–H groups in total. The van der Waals surface area contributed by atoms with Gasteiger partial charge in [0, 0.05) is 6.04 Å². The monoisotopic (exact) mass is 273 g/mol. The minimum atomic E-state index is 0.550. The van der Waals surface area contributed by atoms with Crippen LogP contribution in [-0.2, 0) is 0 Å². The van der Waals surface area contributed by atoms with Gasteiger partial charge in [-0.3, -0.25) is 0 Å². The fourth-order valence-corrected chi connectivity index (χ4v) is 3.11. The van der Waals surface area contributed by atoms with E-state index in [1.807, 2.05) is 0 Å². The van der Waals surface area contributed by atoms with Gasteiger partial charge in [0.25, 0.3) is 0 Å². The van der Waals surface area contributed by atoms with Crippen molar-refractivity contribution in [2.75, 3.05) is 6.54 Å². The third-order valence-corrected chi connectivity index (χ3v) is 4.59. The number of rotatable bonds is 8. The summed E-state index contributed by atoms with van der Waals surface area (Å²) in [6.07, 6.45) is 7.98. The van der Waals surface area contributed by atoms with E-state index in [9.17, 15) is 0 Å². The highest BCUT2D eigenvalue weighted by atomic mass is 14.9. The first-order valence-electron chi connectivity index (χ1n) is 8.54. The van der Waals surface area contributed by atoms with Crippen molar-refractivity contribution in [3.05, 3.63) is 35.4 Å². The Bertz CT molecular complexity index is 393. The van der Waals surface area contributed by atoms with Crippen molar-refractivity contribution < 1.29 is 0 Å². The lowest BCUT2D eigenvalue weighted by molar-refractivity contribution is 0.400. The van der Waals surface area contributed by atoms with E-state index in [0.29, 0.717) is 6.04 Å². The topological polar surface area (TPSA) is 12.0 Å². The zero-order valence-corrected chi connectivity index (χ0v) is 13.5. The van der Waals surface area contributed by atoms with E-state index in [2.05, 4.69) is 50.4 Å². The third-order valence-electron chi connectivity index (χ3n) is 4.59. The lowest BCUT2D eigenvalue weighted by Crippen LogP contribution is -2.25. The molecule has 0 bridgehead atoms. The molecule has 1 nitrogen and oxygen atoms in total. The highest BCUT2D eigenvalue weighted by Gasteiger charge is 2.24. The Hall–Kier alpha value is -0.820. The van der Waals surface area contributed by atoms with Crippen molar-refractivity contribution in [1.82, 2.24) is 5.32 Å². The predicted octanol–water partition coefficient (Wildman–Crippen LogP) is 5.43. The maximum absolute atomic E-state index is 3.78. The molecule has 0 aliphatic heterocycles. The number of hydrogen-bond acceptors (Lipinski definition) is 1. The molecular formula is C19H31N. The molecule has 0 amide bonds. The second-order valence-electron chi connectivity index (χ2n) is 6.73. The zero-order valence-electron chi connectivity index (χ0n) is 13.5. The molecule has 0 aromatic heterocycles. The van der Waals surface area contributed by atoms with E-state index in [4.69, 9.17) is 0 Å². The first kappa shape index (κ1) is 15.6. The van der Waals surface area contributed by atoms with Gasteiger partial charge >= 0.3 is 0 Å². The molecule has 1 unspecified atom stereocenters. The summed E-state index contributed by atoms with van der Waals surface area (Å²) >= 11 is 0. The van der Waals surface area contributed by atoms with Gasteiger partial charge in [-0.05, 0) is 61.6 Å². The van der Waals surface area contributed by atoms with E-state index in [1.54, 1.807) is 11.1 Å². The quantitative estimate of drug-likeness (QED) is 0.666. The van der Waals surface area contributed by atoms with Gasteiger partial charge in [-0.1, -0.05) is 51.5 Å². The Morgan fingerprint density at radius 1 is 1.15 bits per heavy atom. The summed E-state index contributed by atoms with van der Waals surface area (Å²) in [5, 5.41) is 3.78. The Balaban J connectivity index is 2.13. The Morgan fingerprint density at radius 2 is 1.90 bits per heavy atom. The summed E-state index contributed by atoms with van der Waals surface area (Å²) in [7, 11) is 0. The summed E-state index contributed by atoms with van der Waals surface area (Å²) in [5.41, 5.74) is 3.20. The van der Waals surface area contributed by atoms with E-state index in [-0.39, 0.29) is 0 Å². The van der Waals surface area contributed by atoms with Crippen molar-refractivity contribution in [2.45, 2.75) is 71.3 Å². The molecule has 1 aromatic carbocycles. The van der Waals surface area contributed by atoms with Gasteiger partial charge in [-0.2, -0.15) is 0 Å². The molecule has 1 saturated carbocycles. The highest BCUT2D eigenvalue weighted by Crippen LogP contribution is 2.40. The minimum Gasteiger partial charge on any atom is -0.310 e. The fraction of sp³-hybridized carbons (Fsp3) is 0.684. The van der Waals surface area contributed by atoms with Crippen LogP contribution in [0.2, 0.25) is 0 Å². The van der Waals surface area contributed by atoms with E-state index in [1.165, 1.54) is 38.5 Å². The van der Waals surface area contributed by atoms with Crippen molar-refractivity contribution in [3.63, 3.8) is 0 Å². The van der Waals surface area contributed by atoms with Crippen LogP contribution in [0.4, 0.5) is 0 Å². The first-order chi connectivity index (χ1) is 9.72. The predicted molar refractivity (Wildman–Crippen MR) is 88.1 cm³/mol. The molecule has 1 aromatic rings. The Kier molecular flexibility index (Phi) is 6.09. The van der Waals surface area contributed by atoms with Crippen molar-refractivity contribution in [3.8, 4) is 0 Å². The van der Waals surface area contributed by atoms with Gasteiger partial charge in [-0.25, -0.2) is 0 Å². The standard InChI is InChI=1S/C19H31N/c1-4-14-20-19(13-12-15(2)3)18-11-6-5-10-17(18)16-8-7-9-16/h5-6,10-11,15-16,19-20H,4,7-9,12-14H2,1-3H3. The van der Waals surface area contributed by atoms with Crippen molar-refractivity contribution in [2.24, 2.45) is 5.92 Å². The molecule has 1 atom stereocenters. The Morgan fingerprint density at radius 3 is 2.50 bits per heavy atom. The molecule has 1 aliphatic rings. The molecular weight excluding hydrogens is 242 g/mol. The average molecular weight is 273 g/mol. The number of benzene rings is 1. The van der Waals surface area contributed by atoms with Gasteiger partial charge in [0.1, 0.15) is 0 Å². The average Bonchev–Trinajstić information content (AvgIpc) is 2.38. The molecule has 112 valence electrons. The second-order valence-corrected chi connectivity index (χ2v) is 6.73. The zero-order chi connectivity index (χ0) is 14.4. The summed E-state index contributed by atoms with van der Waals surface area (Å²) in [5.74, 6) is 1.62. The maximum atomic E-state index is 3.78. The van der Waals surface area contributed by atoms with Crippen LogP contribution in [0, 0.1) is 5.92 Å². The molecule has 1 fully saturated rings. The van der Waals surface area contributed by atoms with Crippen LogP contribution in [-0.4, -0.2) is 6.54 Å². The van der Waals surface area contributed by atoms with Crippen LogP contribution in [0.1, 0.15) is 82.4 Å². The summed E-state index contributed by atoms with van der Waals surface area (Å²) in [6.45, 7) is 8.04. The van der Waals surface area contributed by atoms with Crippen LogP contribution < -0.4 is 5.32 Å². The fourth-order valence-electron chi connectivity index (χ4n) is 3.11. The van der Waals surface area contributed by atoms with Crippen molar-refractivity contribution >= 4 is 0 Å². The largest absolute Gasteiger partial charge is 0.310 e. The molecule has 1 aliphatic carbocycles. The minimum absolute atomic E-state index is 0.550. The van der Waals surface area contributed by atoms with E-state index >= 15 is 0 Å². The van der Waals surface area contributed by atoms with Crippen LogP contribution in [0.25, 0.3) is 0 Å². The van der Waals surface area contributed by atoms with Gasteiger partial charge < -0.3 is 5.32 Å². The highest BCUT2D eigenvalue weighted by molar-refractivity contribution is 5.34. The Labute approximate surface area is 125 Å². The normalized spacial score (nSPS) is 17.2. The molecule has 0 spiro atoms. The van der Waals surface area contributed by atoms with E-state index in [0.717, 1.165) is 18.4 Å².